The number of likely N-dealkylation sites (tertiary alicyclic amines) is 3. The first-order chi connectivity index (χ1) is 50.1. The van der Waals surface area contributed by atoms with Crippen LogP contribution in [0.4, 0.5) is 0 Å². The lowest BCUT2D eigenvalue weighted by atomic mass is 9.91. The minimum absolute atomic E-state index is 0.127. The van der Waals surface area contributed by atoms with Crippen molar-refractivity contribution in [2.24, 2.45) is 0 Å². The first kappa shape index (κ1) is 103. The smallest absolute Gasteiger partial charge is 0.109 e. The molecule has 44 heteroatoms. The van der Waals surface area contributed by atoms with Gasteiger partial charge in [-0.15, -0.1) is 0 Å². The van der Waals surface area contributed by atoms with E-state index in [-0.39, 0.29) is 103 Å². The summed E-state index contributed by atoms with van der Waals surface area (Å²) in [6, 6.07) is -5.47. The van der Waals surface area contributed by atoms with Crippen LogP contribution in [0.15, 0.2) is 0 Å². The maximum absolute atomic E-state index is 9.59. The van der Waals surface area contributed by atoms with Gasteiger partial charge in [-0.1, -0.05) is 13.8 Å². The van der Waals surface area contributed by atoms with Crippen LogP contribution >= 0.6 is 0 Å². The van der Waals surface area contributed by atoms with E-state index >= 15 is 0 Å². The van der Waals surface area contributed by atoms with Gasteiger partial charge in [0.25, 0.3) is 0 Å². The van der Waals surface area contributed by atoms with E-state index in [1.165, 1.54) is 0 Å². The summed E-state index contributed by atoms with van der Waals surface area (Å²) in [4.78, 5) is 5.19. The molecule has 0 radical (unpaired) electrons. The molecule has 9 heterocycles. The lowest BCUT2D eigenvalue weighted by molar-refractivity contribution is -0.144. The van der Waals surface area contributed by atoms with Crippen molar-refractivity contribution in [2.45, 2.75) is 279 Å². The topological polar surface area (TPSA) is 790 Å². The van der Waals surface area contributed by atoms with E-state index in [1.807, 2.05) is 18.7 Å². The van der Waals surface area contributed by atoms with Gasteiger partial charge in [-0.2, -0.15) is 0 Å². The van der Waals surface area contributed by atoms with Crippen molar-refractivity contribution in [3.8, 4) is 0 Å². The molecule has 9 aliphatic heterocycles. The van der Waals surface area contributed by atoms with E-state index in [0.29, 0.717) is 39.1 Å². The van der Waals surface area contributed by atoms with E-state index in [4.69, 9.17) is 76.6 Å². The van der Waals surface area contributed by atoms with E-state index in [9.17, 15) is 102 Å². The molecule has 0 aromatic carbocycles. The molecule has 0 saturated carbocycles. The molecule has 0 bridgehead atoms. The fraction of sp³-hybridized carbons (Fsp3) is 1.00. The number of hydrogen-bond donors (Lipinski definition) is 41. The zero-order valence-corrected chi connectivity index (χ0v) is 61.4. The molecule has 0 aliphatic carbocycles. The largest absolute Gasteiger partial charge is 0.395 e. The third-order valence-corrected chi connectivity index (χ3v) is 20.3. The first-order valence-corrected chi connectivity index (χ1v) is 36.0. The van der Waals surface area contributed by atoms with E-state index in [1.54, 1.807) is 37.6 Å². The predicted molar refractivity (Wildman–Crippen MR) is 372 cm³/mol. The van der Waals surface area contributed by atoms with Crippen LogP contribution in [0.3, 0.4) is 0 Å². The number of β-amino-alcohol motifs (C(OH)–C–C–N with tert-alkyl or cyclic N) is 5. The summed E-state index contributed by atoms with van der Waals surface area (Å²) in [7, 11) is 1.68. The quantitative estimate of drug-likeness (QED) is 0.0863. The van der Waals surface area contributed by atoms with Crippen molar-refractivity contribution >= 4 is 0 Å². The second kappa shape index (κ2) is 52.0. The Morgan fingerprint density at radius 3 is 0.850 bits per heavy atom. The van der Waals surface area contributed by atoms with Gasteiger partial charge in [-0.05, 0) is 60.3 Å². The Morgan fingerprint density at radius 2 is 0.551 bits per heavy atom. The number of piperidine rings is 9. The molecule has 9 fully saturated rings. The van der Waals surface area contributed by atoms with Crippen LogP contribution in [-0.4, -0.2) is 544 Å². The monoisotopic (exact) mass is 1580 g/mol. The third kappa shape index (κ3) is 30.4. The highest BCUT2D eigenvalue weighted by Gasteiger charge is 2.46. The van der Waals surface area contributed by atoms with E-state index in [0.717, 1.165) is 6.42 Å². The van der Waals surface area contributed by atoms with Crippen LogP contribution in [0, 0.1) is 0 Å². The van der Waals surface area contributed by atoms with Gasteiger partial charge in [0, 0.05) is 50.8 Å². The Morgan fingerprint density at radius 1 is 0.271 bits per heavy atom. The highest BCUT2D eigenvalue weighted by molar-refractivity contribution is 5.01. The summed E-state index contributed by atoms with van der Waals surface area (Å²) >= 11 is 0. The van der Waals surface area contributed by atoms with Gasteiger partial charge >= 0.3 is 0 Å². The second-order valence-corrected chi connectivity index (χ2v) is 28.1. The standard InChI is InChI=1S/C9H19NO4.C8H17NO4.4C7H15NO4.2C6H13NO4.C6H13NO3/c1-2-3-10-4-7(12)9(14)8(13)6(10)5-11;1-2-9-3-6(11)8(13)7(12)5(9)4-10;1-8-2-5(10)7(12)6(11)4(8)3-9;3*1-3-5(10)7(12)6(11)4(2-9)8-3;2*8-2-3-5(10)6(11)4(9)1-7-3;8-3-4-6(10)5(9)1-2-7-4/h6-9,11-14H,2-5H2,1H3;5-8,10-13H,2-4H2,1H3;4-7,9-12H,2-3H2,1H3;3*3-12H,2H2,1H3;2*3-11H,1-2H2;4-10H,1-3H2/t6?,7?,8-,9-;5?,6?,7-,8-;4?,5?,6-,7-;3-,4?,5?,6+,7+;3-,4?,5?,6-,7+;3-,4?,5?,6-,7-;3?,4?,5-,6+;3?,4?,5-,6-;4?,5-,6-/m000111100/s1. The van der Waals surface area contributed by atoms with E-state index in [2.05, 4.69) is 31.9 Å². The summed E-state index contributed by atoms with van der Waals surface area (Å²) < 4.78 is 0. The average Bonchev–Trinajstić information content (AvgIpc) is 0.832. The molecule has 17 unspecified atom stereocenters. The van der Waals surface area contributed by atoms with E-state index < -0.39 is 207 Å². The van der Waals surface area contributed by atoms with Crippen molar-refractivity contribution in [1.29, 1.82) is 0 Å². The number of aliphatic hydroxyl groups excluding tert-OH is 35. The minimum atomic E-state index is -1.18. The lowest BCUT2D eigenvalue weighted by Gasteiger charge is -2.43. The summed E-state index contributed by atoms with van der Waals surface area (Å²) in [6.45, 7) is 10.1. The Labute approximate surface area is 621 Å². The van der Waals surface area contributed by atoms with Gasteiger partial charge in [-0.3, -0.25) is 14.7 Å². The van der Waals surface area contributed by atoms with Gasteiger partial charge in [-0.25, -0.2) is 0 Å². The first-order valence-electron chi connectivity index (χ1n) is 36.0. The average molecular weight is 1580 g/mol. The number of aliphatic hydroxyl groups is 35. The lowest BCUT2D eigenvalue weighted by Crippen LogP contribution is -2.64. The molecule has 9 rings (SSSR count). The molecule has 0 aromatic rings. The Balaban J connectivity index is 0.000000603. The normalized spacial score (nSPS) is 45.3. The van der Waals surface area contributed by atoms with Gasteiger partial charge in [0.05, 0.1) is 205 Å². The summed E-state index contributed by atoms with van der Waals surface area (Å²) in [6.07, 6.45) is -25.8. The molecule has 0 aromatic heterocycles. The van der Waals surface area contributed by atoms with Gasteiger partial charge < -0.3 is 211 Å². The van der Waals surface area contributed by atoms with Gasteiger partial charge in [0.2, 0.25) is 0 Å². The second-order valence-electron chi connectivity index (χ2n) is 28.1. The molecule has 107 heavy (non-hydrogen) atoms. The van der Waals surface area contributed by atoms with Crippen molar-refractivity contribution < 1.29 is 179 Å². The SMILES string of the molecule is CCCN1CC(O)[C@H](O)[C@@H](O)C1CO.CCN1CC(O)[C@H](O)[C@@H](O)C1CO.CN1CC(O)[C@H](O)[C@@H](O)C1CO.C[C@H]1NC(CO)[C@@H](O)[C@@H](O)C1O.C[C@H]1NC(CO)[C@@H](O)[C@H](O)C1O.C[C@H]1NC(CO)[C@H](O)[C@@H](O)C1O.OCC1NCC(O)[C@H](O)[C@@H]1O.OCC1NCC(O)[C@H](O)[C@H]1O.OCC1NCC[C@H](O)[C@H]1O. The molecule has 0 amide bonds. The molecular weight excluding hydrogens is 1440 g/mol. The van der Waals surface area contributed by atoms with Crippen molar-refractivity contribution in [3.63, 3.8) is 0 Å². The number of rotatable bonds is 12. The van der Waals surface area contributed by atoms with Crippen LogP contribution in [0.25, 0.3) is 0 Å². The van der Waals surface area contributed by atoms with Crippen molar-refractivity contribution in [1.82, 2.24) is 46.6 Å². The number of hydrogen-bond acceptors (Lipinski definition) is 44. The molecule has 0 spiro atoms. The third-order valence-electron chi connectivity index (χ3n) is 20.3. The summed E-state index contributed by atoms with van der Waals surface area (Å²) in [5, 5.41) is 336. The highest BCUT2D eigenvalue weighted by atomic mass is 16.4. The Kier molecular flexibility index (Phi) is 50.1. The fourth-order valence-corrected chi connectivity index (χ4v) is 12.9. The molecule has 9 saturated heterocycles. The maximum atomic E-state index is 9.59. The highest BCUT2D eigenvalue weighted by Crippen LogP contribution is 2.23. The molecule has 9 aliphatic rings. The van der Waals surface area contributed by atoms with Gasteiger partial charge in [0.15, 0.2) is 0 Å². The maximum Gasteiger partial charge on any atom is 0.109 e. The molecular formula is C63H135N9O35. The van der Waals surface area contributed by atoms with Crippen molar-refractivity contribution in [3.05, 3.63) is 0 Å². The summed E-state index contributed by atoms with van der Waals surface area (Å²) in [5.74, 6) is 0. The molecule has 41 N–H and O–H groups in total. The van der Waals surface area contributed by atoms with Gasteiger partial charge in [0.1, 0.15) is 67.1 Å². The minimum Gasteiger partial charge on any atom is -0.395 e. The molecule has 44 nitrogen and oxygen atoms in total. The van der Waals surface area contributed by atoms with Crippen molar-refractivity contribution in [2.75, 3.05) is 119 Å². The predicted octanol–water partition coefficient (Wildman–Crippen LogP) is -22.3. The van der Waals surface area contributed by atoms with Crippen LogP contribution in [0.1, 0.15) is 47.5 Å². The fourth-order valence-electron chi connectivity index (χ4n) is 12.9. The zero-order chi connectivity index (χ0) is 82.3. The number of nitrogens with one attached hydrogen (secondary N) is 6. The van der Waals surface area contributed by atoms with Crippen LogP contribution in [-0.2, 0) is 0 Å². The number of nitrogens with zero attached hydrogens (tertiary/aromatic N) is 3. The summed E-state index contributed by atoms with van der Waals surface area (Å²) in [5.41, 5.74) is 0. The van der Waals surface area contributed by atoms with Crippen LogP contribution in [0.5, 0.6) is 0 Å². The molecule has 642 valence electrons. The van der Waals surface area contributed by atoms with Crippen LogP contribution < -0.4 is 31.9 Å². The Hall–Kier alpha value is -1.76. The number of likely N-dealkylation sites (N-methyl/N-ethyl adjacent to an activating group) is 2. The zero-order valence-electron chi connectivity index (χ0n) is 61.4. The molecule has 38 atom stereocenters. The van der Waals surface area contributed by atoms with Crippen LogP contribution in [0.2, 0.25) is 0 Å². The Bertz CT molecular complexity index is 2140.